The summed E-state index contributed by atoms with van der Waals surface area (Å²) in [4.78, 5) is 12.4. The fourth-order valence-corrected chi connectivity index (χ4v) is 7.49. The Morgan fingerprint density at radius 2 is 2.00 bits per heavy atom. The van der Waals surface area contributed by atoms with Gasteiger partial charge in [0.05, 0.1) is 5.03 Å². The zero-order valence-corrected chi connectivity index (χ0v) is 14.6. The second kappa shape index (κ2) is 6.17. The first kappa shape index (κ1) is 15.6. The van der Waals surface area contributed by atoms with Gasteiger partial charge in [0.1, 0.15) is 5.82 Å². The Labute approximate surface area is 144 Å². The SMILES string of the molecule is CNC1=C(SC=O)[C@H](c2ccc(F)cc2)[C@H]2[C@@H]3CCC(C3)[C@H]2S1. The van der Waals surface area contributed by atoms with Gasteiger partial charge in [-0.25, -0.2) is 4.39 Å². The molecule has 122 valence electrons. The van der Waals surface area contributed by atoms with Crippen molar-refractivity contribution >= 4 is 29.1 Å². The van der Waals surface area contributed by atoms with Crippen LogP contribution in [-0.2, 0) is 4.79 Å². The molecule has 2 saturated carbocycles. The topological polar surface area (TPSA) is 29.1 Å². The van der Waals surface area contributed by atoms with Crippen LogP contribution in [0.5, 0.6) is 0 Å². The number of hydrogen-bond donors (Lipinski definition) is 1. The number of carbonyl (C=O) groups excluding carboxylic acids is 1. The van der Waals surface area contributed by atoms with E-state index in [1.165, 1.54) is 31.0 Å². The van der Waals surface area contributed by atoms with Gasteiger partial charge in [0.2, 0.25) is 0 Å². The molecule has 23 heavy (non-hydrogen) atoms. The molecule has 2 nitrogen and oxygen atoms in total. The van der Waals surface area contributed by atoms with Gasteiger partial charge < -0.3 is 5.32 Å². The number of allylic oxidation sites excluding steroid dienone is 1. The third-order valence-electron chi connectivity index (χ3n) is 5.68. The normalized spacial score (nSPS) is 35.3. The second-order valence-corrected chi connectivity index (χ2v) is 8.74. The quantitative estimate of drug-likeness (QED) is 0.817. The summed E-state index contributed by atoms with van der Waals surface area (Å²) < 4.78 is 13.4. The van der Waals surface area contributed by atoms with E-state index >= 15 is 0 Å². The fourth-order valence-electron chi connectivity index (χ4n) is 4.83. The predicted octanol–water partition coefficient (Wildman–Crippen LogP) is 4.38. The van der Waals surface area contributed by atoms with Gasteiger partial charge in [0.15, 0.2) is 5.62 Å². The average Bonchev–Trinajstić information content (AvgIpc) is 3.17. The lowest BCUT2D eigenvalue weighted by molar-refractivity contribution is 0.311. The van der Waals surface area contributed by atoms with Crippen LogP contribution in [0.4, 0.5) is 4.39 Å². The molecule has 1 unspecified atom stereocenters. The van der Waals surface area contributed by atoms with E-state index in [-0.39, 0.29) is 11.7 Å². The van der Waals surface area contributed by atoms with Crippen molar-refractivity contribution in [3.05, 3.63) is 45.6 Å². The lowest BCUT2D eigenvalue weighted by Gasteiger charge is -2.42. The van der Waals surface area contributed by atoms with E-state index in [1.807, 2.05) is 30.9 Å². The van der Waals surface area contributed by atoms with Gasteiger partial charge in [-0.2, -0.15) is 0 Å². The maximum Gasteiger partial charge on any atom is 0.180 e. The molecular weight excluding hydrogens is 329 g/mol. The highest BCUT2D eigenvalue weighted by Gasteiger charge is 2.54. The number of nitrogens with one attached hydrogen (secondary N) is 1. The summed E-state index contributed by atoms with van der Waals surface area (Å²) >= 11 is 3.22. The Kier molecular flexibility index (Phi) is 4.18. The molecule has 1 aromatic carbocycles. The summed E-state index contributed by atoms with van der Waals surface area (Å²) in [5, 5.41) is 5.07. The number of benzene rings is 1. The molecule has 5 atom stereocenters. The Morgan fingerprint density at radius 1 is 1.26 bits per heavy atom. The van der Waals surface area contributed by atoms with E-state index in [1.54, 1.807) is 12.1 Å². The molecule has 5 heteroatoms. The molecule has 1 heterocycles. The van der Waals surface area contributed by atoms with Crippen LogP contribution in [0.2, 0.25) is 0 Å². The minimum absolute atomic E-state index is 0.203. The molecule has 1 aromatic rings. The van der Waals surface area contributed by atoms with E-state index in [0.29, 0.717) is 11.2 Å². The highest BCUT2D eigenvalue weighted by molar-refractivity contribution is 8.16. The van der Waals surface area contributed by atoms with Crippen molar-refractivity contribution in [2.45, 2.75) is 30.4 Å². The van der Waals surface area contributed by atoms with E-state index in [9.17, 15) is 9.18 Å². The zero-order valence-electron chi connectivity index (χ0n) is 13.0. The maximum absolute atomic E-state index is 13.4. The van der Waals surface area contributed by atoms with Gasteiger partial charge in [-0.1, -0.05) is 23.9 Å². The monoisotopic (exact) mass is 349 g/mol. The maximum atomic E-state index is 13.4. The largest absolute Gasteiger partial charge is 0.382 e. The number of fused-ring (bicyclic) bond motifs is 5. The summed E-state index contributed by atoms with van der Waals surface area (Å²) in [5.41, 5.74) is 2.07. The van der Waals surface area contributed by atoms with Crippen LogP contribution in [0.25, 0.3) is 0 Å². The van der Waals surface area contributed by atoms with Gasteiger partial charge in [0.25, 0.3) is 0 Å². The summed E-state index contributed by atoms with van der Waals surface area (Å²) in [6, 6.07) is 6.89. The molecule has 4 rings (SSSR count). The molecule has 2 bridgehead atoms. The molecule has 1 aliphatic heterocycles. The number of rotatable bonds is 4. The first-order valence-corrected chi connectivity index (χ1v) is 9.93. The van der Waals surface area contributed by atoms with Gasteiger partial charge in [-0.3, -0.25) is 4.79 Å². The number of thioether (sulfide) groups is 2. The molecule has 0 amide bonds. The molecule has 2 fully saturated rings. The number of hydrogen-bond acceptors (Lipinski definition) is 4. The van der Waals surface area contributed by atoms with Crippen LogP contribution in [-0.4, -0.2) is 17.9 Å². The average molecular weight is 349 g/mol. The van der Waals surface area contributed by atoms with Crippen LogP contribution < -0.4 is 5.32 Å². The Balaban J connectivity index is 1.81. The summed E-state index contributed by atoms with van der Waals surface area (Å²) in [6.45, 7) is 0. The predicted molar refractivity (Wildman–Crippen MR) is 95.3 cm³/mol. The smallest absolute Gasteiger partial charge is 0.180 e. The minimum atomic E-state index is -0.203. The van der Waals surface area contributed by atoms with Crippen LogP contribution in [0, 0.1) is 23.6 Å². The van der Waals surface area contributed by atoms with Crippen LogP contribution >= 0.6 is 23.5 Å². The summed E-state index contributed by atoms with van der Waals surface area (Å²) in [7, 11) is 1.93. The minimum Gasteiger partial charge on any atom is -0.382 e. The van der Waals surface area contributed by atoms with E-state index in [4.69, 9.17) is 0 Å². The molecular formula is C18H20FNOS2. The van der Waals surface area contributed by atoms with Crippen molar-refractivity contribution in [3.63, 3.8) is 0 Å². The van der Waals surface area contributed by atoms with Gasteiger partial charge in [0, 0.05) is 23.1 Å². The van der Waals surface area contributed by atoms with E-state index in [0.717, 1.165) is 33.0 Å². The standard InChI is InChI=1S/C18H20FNOS2/c1-20-18-17(22-9-21)14(10-4-6-13(19)7-5-10)15-11-2-3-12(8-11)16(15)23-18/h4-7,9,11-12,14-16,20H,2-3,8H2,1H3/t11-,12?,14-,15-,16-/m1/s1. The molecule has 2 aliphatic carbocycles. The number of halogens is 1. The molecule has 3 aliphatic rings. The third-order valence-corrected chi connectivity index (χ3v) is 8.25. The number of carbonyl (C=O) groups is 1. The van der Waals surface area contributed by atoms with Gasteiger partial charge in [-0.15, -0.1) is 11.8 Å². The van der Waals surface area contributed by atoms with Crippen molar-refractivity contribution in [1.29, 1.82) is 0 Å². The van der Waals surface area contributed by atoms with Crippen molar-refractivity contribution < 1.29 is 9.18 Å². The molecule has 0 spiro atoms. The van der Waals surface area contributed by atoms with Crippen LogP contribution in [0.15, 0.2) is 34.2 Å². The lowest BCUT2D eigenvalue weighted by Crippen LogP contribution is -2.36. The molecule has 0 aromatic heterocycles. The van der Waals surface area contributed by atoms with Gasteiger partial charge in [-0.05, 0) is 54.7 Å². The highest BCUT2D eigenvalue weighted by Crippen LogP contribution is 2.64. The van der Waals surface area contributed by atoms with Crippen molar-refractivity contribution in [1.82, 2.24) is 5.32 Å². The fraction of sp³-hybridized carbons (Fsp3) is 0.500. The Morgan fingerprint density at radius 3 is 2.70 bits per heavy atom. The van der Waals surface area contributed by atoms with Crippen molar-refractivity contribution in [3.8, 4) is 0 Å². The van der Waals surface area contributed by atoms with Gasteiger partial charge >= 0.3 is 0 Å². The summed E-state index contributed by atoms with van der Waals surface area (Å²) in [6.07, 6.45) is 3.95. The third kappa shape index (κ3) is 2.52. The van der Waals surface area contributed by atoms with Crippen molar-refractivity contribution in [2.75, 3.05) is 7.05 Å². The first-order chi connectivity index (χ1) is 11.2. The highest BCUT2D eigenvalue weighted by atomic mass is 32.2. The Hall–Kier alpha value is -0.940. The summed E-state index contributed by atoms with van der Waals surface area (Å²) in [5.74, 6) is 2.13. The first-order valence-electron chi connectivity index (χ1n) is 8.17. The molecule has 1 N–H and O–H groups in total. The zero-order chi connectivity index (χ0) is 16.0. The van der Waals surface area contributed by atoms with Crippen LogP contribution in [0.1, 0.15) is 30.7 Å². The van der Waals surface area contributed by atoms with Crippen molar-refractivity contribution in [2.24, 2.45) is 17.8 Å². The molecule has 0 radical (unpaired) electrons. The van der Waals surface area contributed by atoms with Crippen LogP contribution in [0.3, 0.4) is 0 Å². The van der Waals surface area contributed by atoms with E-state index < -0.39 is 0 Å². The Bertz CT molecular complexity index is 645. The lowest BCUT2D eigenvalue weighted by atomic mass is 9.75. The van der Waals surface area contributed by atoms with E-state index in [2.05, 4.69) is 5.32 Å². The molecule has 0 saturated heterocycles. The second-order valence-electron chi connectivity index (χ2n) is 6.68.